The Hall–Kier alpha value is -0.710. The Bertz CT molecular complexity index is 105. The van der Waals surface area contributed by atoms with Crippen molar-refractivity contribution < 1.29 is 0 Å². The van der Waals surface area contributed by atoms with Crippen LogP contribution in [0.3, 0.4) is 0 Å². The van der Waals surface area contributed by atoms with Gasteiger partial charge in [0.15, 0.2) is 0 Å². The number of halogens is 1. The van der Waals surface area contributed by atoms with Crippen molar-refractivity contribution in [2.45, 2.75) is 6.92 Å². The van der Waals surface area contributed by atoms with Crippen molar-refractivity contribution in [3.8, 4) is 12.3 Å². The van der Waals surface area contributed by atoms with Crippen molar-refractivity contribution in [2.75, 3.05) is 13.1 Å². The topological polar surface area (TPSA) is 12.0 Å². The molecule has 2 heteroatoms. The Labute approximate surface area is 76.0 Å². The number of hydrogen-bond donors (Lipinski definition) is 1. The van der Waals surface area contributed by atoms with E-state index in [1.165, 1.54) is 0 Å². The quantitative estimate of drug-likeness (QED) is 0.390. The molecule has 1 N–H and O–H groups in total. The van der Waals surface area contributed by atoms with Crippen molar-refractivity contribution in [3.05, 3.63) is 25.3 Å². The highest BCUT2D eigenvalue weighted by atomic mass is 35.5. The largest absolute Gasteiger partial charge is 0.310 e. The summed E-state index contributed by atoms with van der Waals surface area (Å²) in [5.74, 6) is 2.25. The lowest BCUT2D eigenvalue weighted by molar-refractivity contribution is 0.845. The summed E-state index contributed by atoms with van der Waals surface area (Å²) in [6, 6.07) is 0. The Kier molecular flexibility index (Phi) is 34.7. The highest BCUT2D eigenvalue weighted by Crippen LogP contribution is 1.59. The maximum atomic E-state index is 4.60. The van der Waals surface area contributed by atoms with Gasteiger partial charge >= 0.3 is 0 Å². The summed E-state index contributed by atoms with van der Waals surface area (Å²) >= 11 is 0. The zero-order valence-corrected chi connectivity index (χ0v) is 7.79. The Balaban J connectivity index is -0.000000140. The molecule has 0 aliphatic heterocycles. The molecule has 0 aliphatic carbocycles. The third-order valence-corrected chi connectivity index (χ3v) is 0.577. The molecule has 0 atom stereocenters. The summed E-state index contributed by atoms with van der Waals surface area (Å²) < 4.78 is 0. The second kappa shape index (κ2) is 22.8. The molecule has 64 valence electrons. The van der Waals surface area contributed by atoms with E-state index in [9.17, 15) is 0 Å². The van der Waals surface area contributed by atoms with E-state index in [0.717, 1.165) is 13.1 Å². The van der Waals surface area contributed by atoms with Crippen molar-refractivity contribution >= 4 is 12.4 Å². The van der Waals surface area contributed by atoms with E-state index in [1.54, 1.807) is 6.92 Å². The van der Waals surface area contributed by atoms with Crippen LogP contribution in [0.5, 0.6) is 0 Å². The molecule has 11 heavy (non-hydrogen) atoms. The third kappa shape index (κ3) is 45.6. The van der Waals surface area contributed by atoms with E-state index in [4.69, 9.17) is 0 Å². The van der Waals surface area contributed by atoms with Gasteiger partial charge in [-0.05, 0) is 6.92 Å². The number of hydrogen-bond acceptors (Lipinski definition) is 1. The van der Waals surface area contributed by atoms with Gasteiger partial charge in [-0.2, -0.15) is 0 Å². The van der Waals surface area contributed by atoms with Gasteiger partial charge in [-0.25, -0.2) is 0 Å². The highest BCUT2D eigenvalue weighted by Gasteiger charge is 1.69. The molecule has 0 aromatic heterocycles. The fourth-order valence-corrected chi connectivity index (χ4v) is 0.287. The van der Waals surface area contributed by atoms with Crippen molar-refractivity contribution in [1.29, 1.82) is 0 Å². The van der Waals surface area contributed by atoms with Crippen molar-refractivity contribution in [2.24, 2.45) is 0 Å². The van der Waals surface area contributed by atoms with Gasteiger partial charge in [0, 0.05) is 13.1 Å². The summed E-state index contributed by atoms with van der Waals surface area (Å²) in [7, 11) is 0. The van der Waals surface area contributed by atoms with Gasteiger partial charge in [-0.1, -0.05) is 12.2 Å². The van der Waals surface area contributed by atoms with E-state index in [-0.39, 0.29) is 12.4 Å². The van der Waals surface area contributed by atoms with Crippen molar-refractivity contribution in [1.82, 2.24) is 5.32 Å². The molecule has 1 nitrogen and oxygen atoms in total. The number of nitrogens with one attached hydrogen (secondary N) is 1. The van der Waals surface area contributed by atoms with E-state index < -0.39 is 0 Å². The normalized spacial score (nSPS) is 5.82. The molecule has 0 saturated heterocycles. The van der Waals surface area contributed by atoms with E-state index in [0.29, 0.717) is 0 Å². The van der Waals surface area contributed by atoms with Gasteiger partial charge in [0.05, 0.1) is 0 Å². The van der Waals surface area contributed by atoms with Crippen LogP contribution in [0.15, 0.2) is 25.3 Å². The average Bonchev–Trinajstić information content (AvgIpc) is 1.91. The Morgan fingerprint density at radius 3 is 1.82 bits per heavy atom. The van der Waals surface area contributed by atoms with Crippen LogP contribution < -0.4 is 5.32 Å². The summed E-state index contributed by atoms with van der Waals surface area (Å²) in [6.07, 6.45) is 8.24. The molecule has 0 bridgehead atoms. The molecular formula is C9H16ClN. The lowest BCUT2D eigenvalue weighted by Crippen LogP contribution is -2.11. The molecule has 0 heterocycles. The van der Waals surface area contributed by atoms with Crippen LogP contribution in [0.25, 0.3) is 0 Å². The minimum atomic E-state index is 0. The van der Waals surface area contributed by atoms with Gasteiger partial charge in [-0.15, -0.1) is 37.9 Å². The average molecular weight is 174 g/mol. The summed E-state index contributed by atoms with van der Waals surface area (Å²) in [5.41, 5.74) is 0. The molecule has 0 unspecified atom stereocenters. The third-order valence-electron chi connectivity index (χ3n) is 0.577. The Morgan fingerprint density at radius 2 is 1.64 bits per heavy atom. The molecule has 0 spiro atoms. The smallest absolute Gasteiger partial charge is 0.0135 e. The molecule has 0 aromatic rings. The Morgan fingerprint density at radius 1 is 1.36 bits per heavy atom. The lowest BCUT2D eigenvalue weighted by atomic mass is 10.5. The molecule has 0 rings (SSSR count). The number of terminal acetylenes is 1. The van der Waals surface area contributed by atoms with E-state index in [2.05, 4.69) is 30.8 Å². The fourth-order valence-electron chi connectivity index (χ4n) is 0.287. The predicted octanol–water partition coefficient (Wildman–Crippen LogP) is 2.01. The van der Waals surface area contributed by atoms with Crippen LogP contribution in [-0.2, 0) is 0 Å². The fraction of sp³-hybridized carbons (Fsp3) is 0.333. The molecule has 0 aliphatic rings. The minimum Gasteiger partial charge on any atom is -0.310 e. The first kappa shape index (κ1) is 16.7. The highest BCUT2D eigenvalue weighted by molar-refractivity contribution is 5.85. The van der Waals surface area contributed by atoms with Gasteiger partial charge < -0.3 is 5.32 Å². The first-order valence-corrected chi connectivity index (χ1v) is 3.13. The maximum absolute atomic E-state index is 4.60. The van der Waals surface area contributed by atoms with Crippen LogP contribution in [-0.4, -0.2) is 13.1 Å². The van der Waals surface area contributed by atoms with Crippen LogP contribution in [0.2, 0.25) is 0 Å². The van der Waals surface area contributed by atoms with E-state index in [1.807, 2.05) is 12.2 Å². The van der Waals surface area contributed by atoms with Crippen LogP contribution >= 0.6 is 12.4 Å². The maximum Gasteiger partial charge on any atom is 0.0135 e. The van der Waals surface area contributed by atoms with E-state index >= 15 is 0 Å². The monoisotopic (exact) mass is 173 g/mol. The predicted molar refractivity (Wildman–Crippen MR) is 55.0 cm³/mol. The van der Waals surface area contributed by atoms with Crippen LogP contribution in [0, 0.1) is 12.3 Å². The second-order valence-corrected chi connectivity index (χ2v) is 1.52. The lowest BCUT2D eigenvalue weighted by Gasteiger charge is -1.90. The standard InChI is InChI=1S/C6H11N.C3H4.ClH/c1-3-5-7-6-4-2;1-3-2;/h3-4,7H,1-2,5-6H2;1H,2H3;1H. The first-order chi connectivity index (χ1) is 4.83. The summed E-state index contributed by atoms with van der Waals surface area (Å²) in [5, 5.41) is 3.05. The molecular weight excluding hydrogens is 158 g/mol. The SMILES string of the molecule is C#CC.C=CCNCC=C.Cl. The molecule has 0 radical (unpaired) electrons. The molecule has 0 amide bonds. The summed E-state index contributed by atoms with van der Waals surface area (Å²) in [6.45, 7) is 10.5. The van der Waals surface area contributed by atoms with Crippen LogP contribution in [0.1, 0.15) is 6.92 Å². The second-order valence-electron chi connectivity index (χ2n) is 1.52. The molecule has 0 saturated carbocycles. The van der Waals surface area contributed by atoms with Crippen LogP contribution in [0.4, 0.5) is 0 Å². The minimum absolute atomic E-state index is 0. The molecule has 0 fully saturated rings. The van der Waals surface area contributed by atoms with Gasteiger partial charge in [0.2, 0.25) is 0 Å². The number of rotatable bonds is 4. The van der Waals surface area contributed by atoms with Gasteiger partial charge in [-0.3, -0.25) is 0 Å². The van der Waals surface area contributed by atoms with Gasteiger partial charge in [0.1, 0.15) is 0 Å². The zero-order valence-electron chi connectivity index (χ0n) is 6.97. The summed E-state index contributed by atoms with van der Waals surface area (Å²) in [4.78, 5) is 0. The molecule has 0 aromatic carbocycles. The van der Waals surface area contributed by atoms with Crippen molar-refractivity contribution in [3.63, 3.8) is 0 Å². The zero-order chi connectivity index (χ0) is 8.24. The first-order valence-electron chi connectivity index (χ1n) is 3.13. The van der Waals surface area contributed by atoms with Gasteiger partial charge in [0.25, 0.3) is 0 Å².